The summed E-state index contributed by atoms with van der Waals surface area (Å²) in [6.45, 7) is 22.3. The summed E-state index contributed by atoms with van der Waals surface area (Å²) in [5, 5.41) is 9.23. The van der Waals surface area contributed by atoms with E-state index in [1.165, 1.54) is 0 Å². The highest BCUT2D eigenvalue weighted by atomic mass is 16.6. The second-order valence-corrected chi connectivity index (χ2v) is 25.3. The van der Waals surface area contributed by atoms with E-state index in [0.717, 1.165) is 27.8 Å². The summed E-state index contributed by atoms with van der Waals surface area (Å²) in [6, 6.07) is 54.7. The number of carbonyl (C=O) groups is 4. The molecule has 3 atom stereocenters. The summed E-state index contributed by atoms with van der Waals surface area (Å²) in [5.41, 5.74) is 17.5. The summed E-state index contributed by atoms with van der Waals surface area (Å²) in [7, 11) is 0. The monoisotopic (exact) mass is 1190 g/mol. The zero-order chi connectivity index (χ0) is 63.8. The molecule has 0 fully saturated rings. The number of esters is 2. The molecule has 2 amide bonds. The summed E-state index contributed by atoms with van der Waals surface area (Å²) >= 11 is 0. The topological polar surface area (TPSA) is 225 Å². The lowest BCUT2D eigenvalue weighted by atomic mass is 9.83. The average Bonchev–Trinajstić information content (AvgIpc) is 1.26. The van der Waals surface area contributed by atoms with Gasteiger partial charge in [-0.25, -0.2) is 24.2 Å². The maximum Gasteiger partial charge on any atom is 0.408 e. The minimum absolute atomic E-state index is 0.0198. The van der Waals surface area contributed by atoms with Crippen LogP contribution in [0.3, 0.4) is 0 Å². The Kier molecular flexibility index (Phi) is 21.9. The molecule has 6 aromatic carbocycles. The molecule has 0 bridgehead atoms. The highest BCUT2D eigenvalue weighted by Gasteiger charge is 2.38. The fourth-order valence-corrected chi connectivity index (χ4v) is 9.52. The Morgan fingerprint density at radius 3 is 1.40 bits per heavy atom. The van der Waals surface area contributed by atoms with Crippen molar-refractivity contribution in [1.29, 1.82) is 0 Å². The number of alkyl carbamates (subject to hydrolysis) is 2. The number of nitrogens with zero attached hydrogens (tertiary/aromatic N) is 1. The number of nitrogens with two attached hydrogens (primary N) is 2. The number of dihydropyridines is 1. The van der Waals surface area contributed by atoms with Gasteiger partial charge in [0.25, 0.3) is 0 Å². The first-order valence-electron chi connectivity index (χ1n) is 29.4. The molecule has 462 valence electrons. The highest BCUT2D eigenvalue weighted by Crippen LogP contribution is 2.38. The zero-order valence-electron chi connectivity index (χ0n) is 52.6. The number of benzene rings is 6. The van der Waals surface area contributed by atoms with Crippen molar-refractivity contribution in [3.05, 3.63) is 232 Å². The first kappa shape index (κ1) is 66.0. The summed E-state index contributed by atoms with van der Waals surface area (Å²) in [4.78, 5) is 58.3. The first-order chi connectivity index (χ1) is 41.6. The van der Waals surface area contributed by atoms with Crippen molar-refractivity contribution in [3.63, 3.8) is 0 Å². The van der Waals surface area contributed by atoms with Crippen molar-refractivity contribution in [2.75, 3.05) is 5.73 Å². The third-order valence-corrected chi connectivity index (χ3v) is 13.1. The average molecular weight is 1190 g/mol. The molecule has 0 saturated heterocycles. The predicted octanol–water partition coefficient (Wildman–Crippen LogP) is 14.1. The van der Waals surface area contributed by atoms with Crippen LogP contribution in [0, 0.1) is 5.92 Å². The Morgan fingerprint density at radius 1 is 0.500 bits per heavy atom. The molecule has 1 aromatic heterocycles. The van der Waals surface area contributed by atoms with E-state index in [9.17, 15) is 19.2 Å². The van der Waals surface area contributed by atoms with Crippen molar-refractivity contribution in [1.82, 2.24) is 20.9 Å². The van der Waals surface area contributed by atoms with Gasteiger partial charge in [0.15, 0.2) is 0 Å². The van der Waals surface area contributed by atoms with Crippen LogP contribution in [-0.4, -0.2) is 57.6 Å². The summed E-state index contributed by atoms with van der Waals surface area (Å²) in [6.07, 6.45) is 1.44. The van der Waals surface area contributed by atoms with Crippen LogP contribution in [0.25, 0.3) is 17.0 Å². The SMILES string of the molecule is CC(C)(C)OC(=O)NC(Cc1ccccc1)C1C=C(c2ccccc2OCc2ccccc2)NC(N)=C1C(=O)OC(C)(C)C.CC(C)(C)OC(=O)NC(Cc1ccccc1)c1cc(-c2ccccc2OCc2ccccc2)nc(N)c1C(=O)OC(C)(C)C. The summed E-state index contributed by atoms with van der Waals surface area (Å²) < 4.78 is 35.3. The van der Waals surface area contributed by atoms with Gasteiger partial charge in [0.2, 0.25) is 0 Å². The van der Waals surface area contributed by atoms with E-state index in [2.05, 4.69) is 20.9 Å². The van der Waals surface area contributed by atoms with Crippen LogP contribution in [-0.2, 0) is 49.8 Å². The lowest BCUT2D eigenvalue weighted by Gasteiger charge is -2.34. The molecule has 3 unspecified atom stereocenters. The van der Waals surface area contributed by atoms with Crippen LogP contribution in [0.1, 0.15) is 133 Å². The highest BCUT2D eigenvalue weighted by molar-refractivity contribution is 5.97. The van der Waals surface area contributed by atoms with Crippen LogP contribution in [0.4, 0.5) is 15.4 Å². The minimum atomic E-state index is -0.787. The predicted molar refractivity (Wildman–Crippen MR) is 344 cm³/mol. The van der Waals surface area contributed by atoms with Gasteiger partial charge < -0.3 is 55.8 Å². The molecule has 7 aromatic rings. The quantitative estimate of drug-likeness (QED) is 0.0398. The van der Waals surface area contributed by atoms with E-state index in [-0.39, 0.29) is 22.8 Å². The van der Waals surface area contributed by atoms with Gasteiger partial charge in [-0.1, -0.05) is 152 Å². The minimum Gasteiger partial charge on any atom is -0.488 e. The number of nitrogen functional groups attached to an aromatic ring is 1. The van der Waals surface area contributed by atoms with Gasteiger partial charge in [-0.15, -0.1) is 0 Å². The standard InChI is InChI=1S/C36H43N3O5.C36H41N3O5/c2*1-35(2,3)43-33(40)31-27(28(21-24-15-9-7-10-16-24)39-34(41)44-36(4,5)6)22-29(38-32(31)37)26-19-13-14-20-30(26)42-23-25-17-11-8-12-18-25/h7-20,22,27-28,38H,21,23,37H2,1-6H3,(H,39,41);7-20,22,28H,21,23H2,1-6H3,(H2,37,38)(H,39,41). The number of carbonyl (C=O) groups excluding carboxylic acids is 4. The molecule has 16 heteroatoms. The number of aromatic nitrogens is 1. The van der Waals surface area contributed by atoms with Gasteiger partial charge in [-0.2, -0.15) is 0 Å². The van der Waals surface area contributed by atoms with E-state index in [1.54, 1.807) is 89.2 Å². The molecular formula is C72H84N6O10. The van der Waals surface area contributed by atoms with Crippen molar-refractivity contribution in [3.8, 4) is 22.8 Å². The molecule has 2 heterocycles. The lowest BCUT2D eigenvalue weighted by molar-refractivity contribution is -0.150. The van der Waals surface area contributed by atoms with E-state index in [0.29, 0.717) is 60.1 Å². The Morgan fingerprint density at radius 2 is 0.909 bits per heavy atom. The van der Waals surface area contributed by atoms with Gasteiger partial charge in [0.05, 0.1) is 17.3 Å². The molecule has 1 aliphatic rings. The Bertz CT molecular complexity index is 3550. The zero-order valence-corrected chi connectivity index (χ0v) is 52.6. The molecule has 16 nitrogen and oxygen atoms in total. The Hall–Kier alpha value is -9.57. The number of hydrogen-bond acceptors (Lipinski definition) is 14. The third-order valence-electron chi connectivity index (χ3n) is 13.1. The molecule has 0 radical (unpaired) electrons. The van der Waals surface area contributed by atoms with E-state index in [1.807, 2.05) is 176 Å². The molecular weight excluding hydrogens is 1110 g/mol. The van der Waals surface area contributed by atoms with Gasteiger partial charge in [0, 0.05) is 28.8 Å². The second kappa shape index (κ2) is 29.2. The molecule has 0 spiro atoms. The Balaban J connectivity index is 0.000000251. The van der Waals surface area contributed by atoms with Gasteiger partial charge >= 0.3 is 24.1 Å². The van der Waals surface area contributed by atoms with Crippen molar-refractivity contribution < 1.29 is 47.6 Å². The fourth-order valence-electron chi connectivity index (χ4n) is 9.52. The van der Waals surface area contributed by atoms with Crippen LogP contribution < -0.4 is 36.9 Å². The molecule has 1 aliphatic heterocycles. The van der Waals surface area contributed by atoms with Crippen molar-refractivity contribution >= 4 is 35.6 Å². The van der Waals surface area contributed by atoms with Gasteiger partial charge in [-0.3, -0.25) is 0 Å². The molecule has 88 heavy (non-hydrogen) atoms. The van der Waals surface area contributed by atoms with Gasteiger partial charge in [-0.05, 0) is 154 Å². The first-order valence-corrected chi connectivity index (χ1v) is 29.4. The number of amides is 2. The second-order valence-electron chi connectivity index (χ2n) is 25.3. The molecule has 8 rings (SSSR count). The van der Waals surface area contributed by atoms with E-state index < -0.39 is 64.5 Å². The maximum atomic E-state index is 13.7. The van der Waals surface area contributed by atoms with E-state index >= 15 is 0 Å². The summed E-state index contributed by atoms with van der Waals surface area (Å²) in [5.74, 6) is -0.517. The van der Waals surface area contributed by atoms with Crippen LogP contribution >= 0.6 is 0 Å². The molecule has 0 aliphatic carbocycles. The van der Waals surface area contributed by atoms with Crippen LogP contribution in [0.2, 0.25) is 0 Å². The largest absolute Gasteiger partial charge is 0.488 e. The normalized spacial score (nSPS) is 14.0. The number of para-hydroxylation sites is 2. The van der Waals surface area contributed by atoms with Crippen molar-refractivity contribution in [2.45, 2.75) is 144 Å². The van der Waals surface area contributed by atoms with Gasteiger partial charge in [0.1, 0.15) is 64.3 Å². The number of nitrogens with one attached hydrogen (secondary N) is 3. The Labute approximate surface area is 518 Å². The third kappa shape index (κ3) is 20.3. The number of anilines is 1. The maximum absolute atomic E-state index is 13.7. The van der Waals surface area contributed by atoms with Crippen molar-refractivity contribution in [2.24, 2.45) is 11.7 Å². The number of pyridine rings is 1. The molecule has 7 N–H and O–H groups in total. The van der Waals surface area contributed by atoms with E-state index in [4.69, 9.17) is 39.9 Å². The molecule has 0 saturated carbocycles. The fraction of sp³-hybridized carbons (Fsp3) is 0.319. The number of rotatable bonds is 18. The smallest absolute Gasteiger partial charge is 0.408 e. The number of hydrogen-bond donors (Lipinski definition) is 5. The van der Waals surface area contributed by atoms with Crippen LogP contribution in [0.5, 0.6) is 11.5 Å². The van der Waals surface area contributed by atoms with Crippen LogP contribution in [0.15, 0.2) is 193 Å². The number of ether oxygens (including phenoxy) is 6. The lowest BCUT2D eigenvalue weighted by Crippen LogP contribution is -2.48.